The molecule has 0 spiro atoms. The van der Waals surface area contributed by atoms with Crippen molar-refractivity contribution in [3.8, 4) is 0 Å². The van der Waals surface area contributed by atoms with E-state index in [0.717, 1.165) is 32.3 Å². The third-order valence-electron chi connectivity index (χ3n) is 3.01. The predicted molar refractivity (Wildman–Crippen MR) is 64.1 cm³/mol. The second-order valence-electron chi connectivity index (χ2n) is 4.74. The number of hydrogen-bond acceptors (Lipinski definition) is 3. The summed E-state index contributed by atoms with van der Waals surface area (Å²) in [5.74, 6) is -0.239. The zero-order valence-electron chi connectivity index (χ0n) is 10.4. The van der Waals surface area contributed by atoms with Gasteiger partial charge in [0.15, 0.2) is 0 Å². The Morgan fingerprint density at radius 1 is 1.62 bits per heavy atom. The van der Waals surface area contributed by atoms with Gasteiger partial charge in [-0.15, -0.1) is 0 Å². The van der Waals surface area contributed by atoms with Crippen LogP contribution in [0.2, 0.25) is 0 Å². The minimum atomic E-state index is -0.239. The minimum absolute atomic E-state index is 0.169. The van der Waals surface area contributed by atoms with Crippen molar-refractivity contribution in [2.45, 2.75) is 64.1 Å². The van der Waals surface area contributed by atoms with E-state index in [1.165, 1.54) is 0 Å². The van der Waals surface area contributed by atoms with Crippen molar-refractivity contribution in [3.63, 3.8) is 0 Å². The largest absolute Gasteiger partial charge is 0.378 e. The highest BCUT2D eigenvalue weighted by molar-refractivity contribution is 5.74. The Labute approximate surface area is 97.9 Å². The summed E-state index contributed by atoms with van der Waals surface area (Å²) in [5.41, 5.74) is 5.17. The van der Waals surface area contributed by atoms with E-state index in [-0.39, 0.29) is 11.9 Å². The lowest BCUT2D eigenvalue weighted by atomic mass is 9.99. The van der Waals surface area contributed by atoms with Crippen LogP contribution in [0.4, 0.5) is 0 Å². The van der Waals surface area contributed by atoms with Gasteiger partial charge in [0.25, 0.3) is 0 Å². The van der Waals surface area contributed by atoms with Crippen LogP contribution in [0.5, 0.6) is 0 Å². The number of primary amides is 1. The van der Waals surface area contributed by atoms with Gasteiger partial charge in [-0.05, 0) is 26.2 Å². The van der Waals surface area contributed by atoms with Crippen LogP contribution in [0.3, 0.4) is 0 Å². The molecule has 1 heterocycles. The molecule has 94 valence electrons. The summed E-state index contributed by atoms with van der Waals surface area (Å²) in [6, 6.07) is 0.641. The monoisotopic (exact) mass is 228 g/mol. The molecule has 4 heteroatoms. The zero-order valence-corrected chi connectivity index (χ0v) is 10.4. The van der Waals surface area contributed by atoms with Gasteiger partial charge in [0.1, 0.15) is 0 Å². The van der Waals surface area contributed by atoms with Crippen LogP contribution in [0.25, 0.3) is 0 Å². The molecule has 1 rings (SSSR count). The van der Waals surface area contributed by atoms with Crippen molar-refractivity contribution < 1.29 is 9.53 Å². The van der Waals surface area contributed by atoms with Gasteiger partial charge in [-0.2, -0.15) is 0 Å². The molecule has 1 aliphatic rings. The van der Waals surface area contributed by atoms with Crippen molar-refractivity contribution in [3.05, 3.63) is 0 Å². The number of nitrogens with two attached hydrogens (primary N) is 1. The number of ether oxygens (including phenoxy) is 1. The van der Waals surface area contributed by atoms with Crippen LogP contribution in [-0.4, -0.2) is 30.7 Å². The summed E-state index contributed by atoms with van der Waals surface area (Å²) in [6.07, 6.45) is 5.17. The van der Waals surface area contributed by atoms with E-state index in [2.05, 4.69) is 12.2 Å². The average molecular weight is 228 g/mol. The molecule has 3 unspecified atom stereocenters. The lowest BCUT2D eigenvalue weighted by Crippen LogP contribution is -2.44. The van der Waals surface area contributed by atoms with Gasteiger partial charge < -0.3 is 15.8 Å². The fraction of sp³-hybridized carbons (Fsp3) is 0.917. The molecule has 1 aliphatic heterocycles. The molecule has 1 saturated heterocycles. The van der Waals surface area contributed by atoms with Gasteiger partial charge in [0, 0.05) is 25.1 Å². The molecular weight excluding hydrogens is 204 g/mol. The number of rotatable bonds is 6. The van der Waals surface area contributed by atoms with Crippen molar-refractivity contribution in [2.75, 3.05) is 6.61 Å². The highest BCUT2D eigenvalue weighted by Crippen LogP contribution is 2.18. The number of carbonyl (C=O) groups excluding carboxylic acids is 1. The maximum absolute atomic E-state index is 10.8. The lowest BCUT2D eigenvalue weighted by Gasteiger charge is -2.31. The first-order valence-electron chi connectivity index (χ1n) is 6.27. The van der Waals surface area contributed by atoms with Gasteiger partial charge in [-0.1, -0.05) is 13.3 Å². The van der Waals surface area contributed by atoms with Crippen LogP contribution in [0.15, 0.2) is 0 Å². The molecular formula is C12H24N2O2. The first-order valence-corrected chi connectivity index (χ1v) is 6.27. The average Bonchev–Trinajstić information content (AvgIpc) is 2.17. The molecule has 3 atom stereocenters. The third kappa shape index (κ3) is 4.94. The first kappa shape index (κ1) is 13.5. The molecule has 0 aromatic carbocycles. The van der Waals surface area contributed by atoms with E-state index in [4.69, 9.17) is 10.5 Å². The Bertz CT molecular complexity index is 219. The van der Waals surface area contributed by atoms with Gasteiger partial charge >= 0.3 is 0 Å². The molecule has 0 aromatic heterocycles. The normalized spacial score (nSPS) is 27.6. The van der Waals surface area contributed by atoms with E-state index in [1.807, 2.05) is 6.92 Å². The quantitative estimate of drug-likeness (QED) is 0.717. The second-order valence-corrected chi connectivity index (χ2v) is 4.74. The Morgan fingerprint density at radius 3 is 3.00 bits per heavy atom. The van der Waals surface area contributed by atoms with E-state index >= 15 is 0 Å². The number of carbonyl (C=O) groups is 1. The summed E-state index contributed by atoms with van der Waals surface area (Å²) in [4.78, 5) is 10.8. The zero-order chi connectivity index (χ0) is 12.0. The van der Waals surface area contributed by atoms with Crippen molar-refractivity contribution in [2.24, 2.45) is 5.73 Å². The molecule has 16 heavy (non-hydrogen) atoms. The van der Waals surface area contributed by atoms with Crippen LogP contribution in [0, 0.1) is 0 Å². The van der Waals surface area contributed by atoms with Crippen molar-refractivity contribution >= 4 is 5.91 Å². The van der Waals surface area contributed by atoms with Crippen LogP contribution >= 0.6 is 0 Å². The second kappa shape index (κ2) is 6.86. The highest BCUT2D eigenvalue weighted by Gasteiger charge is 2.23. The maximum atomic E-state index is 10.8. The van der Waals surface area contributed by atoms with Crippen molar-refractivity contribution in [1.29, 1.82) is 0 Å². The summed E-state index contributed by atoms with van der Waals surface area (Å²) in [6.45, 7) is 5.01. The fourth-order valence-corrected chi connectivity index (χ4v) is 2.32. The standard InChI is InChI=1S/C12H24N2O2/c1-3-4-11-8-10(5-6-16-11)14-9(2)7-12(13)15/h9-11,14H,3-8H2,1-2H3,(H2,13,15). The van der Waals surface area contributed by atoms with Gasteiger partial charge in [0.05, 0.1) is 6.10 Å². The lowest BCUT2D eigenvalue weighted by molar-refractivity contribution is -0.118. The van der Waals surface area contributed by atoms with E-state index < -0.39 is 0 Å². The molecule has 3 N–H and O–H groups in total. The molecule has 0 saturated carbocycles. The van der Waals surface area contributed by atoms with E-state index in [0.29, 0.717) is 18.6 Å². The summed E-state index contributed by atoms with van der Waals surface area (Å²) in [5, 5.41) is 3.46. The van der Waals surface area contributed by atoms with Crippen LogP contribution in [-0.2, 0) is 9.53 Å². The number of amides is 1. The topological polar surface area (TPSA) is 64.3 Å². The van der Waals surface area contributed by atoms with E-state index in [1.54, 1.807) is 0 Å². The molecule has 0 radical (unpaired) electrons. The third-order valence-corrected chi connectivity index (χ3v) is 3.01. The summed E-state index contributed by atoms with van der Waals surface area (Å²) < 4.78 is 5.68. The van der Waals surface area contributed by atoms with Gasteiger partial charge in [0.2, 0.25) is 5.91 Å². The molecule has 0 aromatic rings. The fourth-order valence-electron chi connectivity index (χ4n) is 2.32. The van der Waals surface area contributed by atoms with Crippen LogP contribution < -0.4 is 11.1 Å². The molecule has 0 bridgehead atoms. The molecule has 1 fully saturated rings. The number of hydrogen-bond donors (Lipinski definition) is 2. The predicted octanol–water partition coefficient (Wildman–Crippen LogP) is 1.19. The summed E-state index contributed by atoms with van der Waals surface area (Å²) >= 11 is 0. The molecule has 0 aliphatic carbocycles. The maximum Gasteiger partial charge on any atom is 0.218 e. The Balaban J connectivity index is 2.28. The summed E-state index contributed by atoms with van der Waals surface area (Å²) in [7, 11) is 0. The Morgan fingerprint density at radius 2 is 2.38 bits per heavy atom. The van der Waals surface area contributed by atoms with Crippen molar-refractivity contribution in [1.82, 2.24) is 5.32 Å². The van der Waals surface area contributed by atoms with Gasteiger partial charge in [-0.25, -0.2) is 0 Å². The van der Waals surface area contributed by atoms with Crippen LogP contribution in [0.1, 0.15) is 46.0 Å². The smallest absolute Gasteiger partial charge is 0.218 e. The Kier molecular flexibility index (Phi) is 5.77. The first-order chi connectivity index (χ1) is 7.61. The molecule has 1 amide bonds. The Hall–Kier alpha value is -0.610. The molecule has 4 nitrogen and oxygen atoms in total. The highest BCUT2D eigenvalue weighted by atomic mass is 16.5. The van der Waals surface area contributed by atoms with E-state index in [9.17, 15) is 4.79 Å². The number of nitrogens with one attached hydrogen (secondary N) is 1. The minimum Gasteiger partial charge on any atom is -0.378 e. The van der Waals surface area contributed by atoms with Gasteiger partial charge in [-0.3, -0.25) is 4.79 Å². The SMILES string of the molecule is CCCC1CC(NC(C)CC(N)=O)CCO1.